The van der Waals surface area contributed by atoms with Crippen molar-refractivity contribution < 1.29 is 4.21 Å². The summed E-state index contributed by atoms with van der Waals surface area (Å²) in [5.74, 6) is 0.441. The van der Waals surface area contributed by atoms with Crippen LogP contribution in [0.4, 0.5) is 5.69 Å². The van der Waals surface area contributed by atoms with E-state index in [1.165, 1.54) is 0 Å². The van der Waals surface area contributed by atoms with E-state index < -0.39 is 10.8 Å². The molecule has 102 valence electrons. The van der Waals surface area contributed by atoms with E-state index in [1.54, 1.807) is 0 Å². The van der Waals surface area contributed by atoms with Crippen LogP contribution in [0.2, 0.25) is 0 Å². The number of hydrogen-bond donors (Lipinski definition) is 2. The second-order valence-corrected chi connectivity index (χ2v) is 5.82. The lowest BCUT2D eigenvalue weighted by molar-refractivity contribution is 0.677. The number of fused-ring (bicyclic) bond motifs is 1. The van der Waals surface area contributed by atoms with E-state index in [4.69, 9.17) is 0 Å². The molecule has 0 aliphatic heterocycles. The minimum atomic E-state index is -1.19. The lowest BCUT2D eigenvalue weighted by atomic mass is 10.2. The fourth-order valence-electron chi connectivity index (χ4n) is 2.14. The van der Waals surface area contributed by atoms with Crippen molar-refractivity contribution in [2.75, 3.05) is 12.4 Å². The highest BCUT2D eigenvalue weighted by Crippen LogP contribution is 2.19. The Balaban J connectivity index is 1.89. The SMILES string of the molecule is CNc1ccccc1C[S@@](=O)c1nc2ccccc2[nH]1. The molecular weight excluding hydrogens is 270 g/mol. The molecule has 20 heavy (non-hydrogen) atoms. The normalized spacial score (nSPS) is 12.4. The molecule has 0 aliphatic rings. The Hall–Kier alpha value is -2.14. The summed E-state index contributed by atoms with van der Waals surface area (Å²) in [5, 5.41) is 3.64. The summed E-state index contributed by atoms with van der Waals surface area (Å²) in [7, 11) is 0.678. The molecule has 5 heteroatoms. The number of imidazole rings is 1. The predicted octanol–water partition coefficient (Wildman–Crippen LogP) is 2.91. The first-order valence-electron chi connectivity index (χ1n) is 6.36. The monoisotopic (exact) mass is 285 g/mol. The number of anilines is 1. The quantitative estimate of drug-likeness (QED) is 0.775. The van der Waals surface area contributed by atoms with Crippen molar-refractivity contribution in [2.24, 2.45) is 0 Å². The first-order chi connectivity index (χ1) is 9.78. The van der Waals surface area contributed by atoms with Crippen molar-refractivity contribution in [3.8, 4) is 0 Å². The van der Waals surface area contributed by atoms with Crippen molar-refractivity contribution in [1.29, 1.82) is 0 Å². The standard InChI is InChI=1S/C15H15N3OS/c1-16-12-7-3-2-6-11(12)10-20(19)15-17-13-8-4-5-9-14(13)18-15/h2-9,16H,10H2,1H3,(H,17,18)/t20-/m1/s1. The maximum atomic E-state index is 12.4. The molecule has 0 aliphatic carbocycles. The molecular formula is C15H15N3OS. The molecule has 2 aromatic carbocycles. The van der Waals surface area contributed by atoms with Crippen molar-refractivity contribution >= 4 is 27.5 Å². The van der Waals surface area contributed by atoms with Gasteiger partial charge < -0.3 is 10.3 Å². The number of H-pyrrole nitrogens is 1. The summed E-state index contributed by atoms with van der Waals surface area (Å²) >= 11 is 0. The maximum absolute atomic E-state index is 12.4. The Morgan fingerprint density at radius 2 is 1.90 bits per heavy atom. The molecule has 1 aromatic heterocycles. The Kier molecular flexibility index (Phi) is 3.52. The lowest BCUT2D eigenvalue weighted by Gasteiger charge is -2.07. The van der Waals surface area contributed by atoms with Gasteiger partial charge in [-0.2, -0.15) is 0 Å². The number of hydrogen-bond acceptors (Lipinski definition) is 3. The van der Waals surface area contributed by atoms with Crippen molar-refractivity contribution in [3.63, 3.8) is 0 Å². The first-order valence-corrected chi connectivity index (χ1v) is 7.68. The van der Waals surface area contributed by atoms with Crippen molar-refractivity contribution in [3.05, 3.63) is 54.1 Å². The van der Waals surface area contributed by atoms with E-state index in [2.05, 4.69) is 15.3 Å². The van der Waals surface area contributed by atoms with Crippen LogP contribution >= 0.6 is 0 Å². The molecule has 0 amide bonds. The van der Waals surface area contributed by atoms with Gasteiger partial charge in [-0.25, -0.2) is 4.98 Å². The summed E-state index contributed by atoms with van der Waals surface area (Å²) in [6.07, 6.45) is 0. The van der Waals surface area contributed by atoms with Crippen LogP contribution in [0.1, 0.15) is 5.56 Å². The zero-order chi connectivity index (χ0) is 13.9. The van der Waals surface area contributed by atoms with Gasteiger partial charge in [0.15, 0.2) is 5.16 Å². The second kappa shape index (κ2) is 5.46. The molecule has 3 rings (SSSR count). The highest BCUT2D eigenvalue weighted by atomic mass is 32.2. The predicted molar refractivity (Wildman–Crippen MR) is 82.2 cm³/mol. The third kappa shape index (κ3) is 2.44. The van der Waals surface area contributed by atoms with Gasteiger partial charge in [-0.05, 0) is 23.8 Å². The first kappa shape index (κ1) is 12.9. The zero-order valence-electron chi connectivity index (χ0n) is 11.1. The fourth-order valence-corrected chi connectivity index (χ4v) is 3.23. The smallest absolute Gasteiger partial charge is 0.197 e. The number of para-hydroxylation sites is 3. The molecule has 0 saturated heterocycles. The molecule has 0 bridgehead atoms. The third-order valence-corrected chi connectivity index (χ3v) is 4.35. The molecule has 0 saturated carbocycles. The van der Waals surface area contributed by atoms with Crippen molar-refractivity contribution in [1.82, 2.24) is 9.97 Å². The van der Waals surface area contributed by atoms with E-state index in [0.717, 1.165) is 22.3 Å². The molecule has 2 N–H and O–H groups in total. The maximum Gasteiger partial charge on any atom is 0.197 e. The number of aromatic nitrogens is 2. The van der Waals surface area contributed by atoms with Crippen LogP contribution in [0.5, 0.6) is 0 Å². The van der Waals surface area contributed by atoms with Crippen molar-refractivity contribution in [2.45, 2.75) is 10.9 Å². The van der Waals surface area contributed by atoms with Crippen LogP contribution in [-0.4, -0.2) is 21.2 Å². The highest BCUT2D eigenvalue weighted by molar-refractivity contribution is 7.84. The Morgan fingerprint density at radius 3 is 2.70 bits per heavy atom. The summed E-state index contributed by atoms with van der Waals surface area (Å²) < 4.78 is 12.4. The van der Waals surface area contributed by atoms with Gasteiger partial charge in [0, 0.05) is 12.7 Å². The van der Waals surface area contributed by atoms with Gasteiger partial charge in [-0.3, -0.25) is 4.21 Å². The largest absolute Gasteiger partial charge is 0.388 e. The van der Waals surface area contributed by atoms with Gasteiger partial charge in [0.25, 0.3) is 0 Å². The Morgan fingerprint density at radius 1 is 1.15 bits per heavy atom. The summed E-state index contributed by atoms with van der Waals surface area (Å²) in [6.45, 7) is 0. The van der Waals surface area contributed by atoms with E-state index >= 15 is 0 Å². The van der Waals surface area contributed by atoms with Crippen LogP contribution in [0, 0.1) is 0 Å². The van der Waals surface area contributed by atoms with Gasteiger partial charge in [0.1, 0.15) is 0 Å². The highest BCUT2D eigenvalue weighted by Gasteiger charge is 2.12. The van der Waals surface area contributed by atoms with Gasteiger partial charge in [-0.15, -0.1) is 0 Å². The van der Waals surface area contributed by atoms with E-state index in [1.807, 2.05) is 55.6 Å². The van der Waals surface area contributed by atoms with Crippen LogP contribution in [-0.2, 0) is 16.6 Å². The minimum absolute atomic E-state index is 0.441. The molecule has 3 aromatic rings. The minimum Gasteiger partial charge on any atom is -0.388 e. The van der Waals surface area contributed by atoms with E-state index in [0.29, 0.717) is 10.9 Å². The fraction of sp³-hybridized carbons (Fsp3) is 0.133. The van der Waals surface area contributed by atoms with Gasteiger partial charge in [-0.1, -0.05) is 30.3 Å². The van der Waals surface area contributed by atoms with Gasteiger partial charge >= 0.3 is 0 Å². The van der Waals surface area contributed by atoms with Crippen LogP contribution < -0.4 is 5.32 Å². The molecule has 4 nitrogen and oxygen atoms in total. The average Bonchev–Trinajstić information content (AvgIpc) is 2.92. The summed E-state index contributed by atoms with van der Waals surface area (Å²) in [6, 6.07) is 15.6. The van der Waals surface area contributed by atoms with Crippen LogP contribution in [0.25, 0.3) is 11.0 Å². The number of nitrogens with one attached hydrogen (secondary N) is 2. The number of rotatable bonds is 4. The molecule has 1 heterocycles. The van der Waals surface area contributed by atoms with E-state index in [-0.39, 0.29) is 0 Å². The number of nitrogens with zero attached hydrogens (tertiary/aromatic N) is 1. The topological polar surface area (TPSA) is 57.8 Å². The summed E-state index contributed by atoms with van der Waals surface area (Å²) in [5.41, 5.74) is 3.78. The second-order valence-electron chi connectivity index (χ2n) is 4.46. The number of aromatic amines is 1. The van der Waals surface area contributed by atoms with Crippen LogP contribution in [0.3, 0.4) is 0 Å². The van der Waals surface area contributed by atoms with Gasteiger partial charge in [0.05, 0.1) is 27.6 Å². The Labute approximate surface area is 119 Å². The average molecular weight is 285 g/mol. The third-order valence-electron chi connectivity index (χ3n) is 3.16. The summed E-state index contributed by atoms with van der Waals surface area (Å²) in [4.78, 5) is 7.51. The number of benzene rings is 2. The lowest BCUT2D eigenvalue weighted by Crippen LogP contribution is -2.02. The zero-order valence-corrected chi connectivity index (χ0v) is 11.9. The van der Waals surface area contributed by atoms with E-state index in [9.17, 15) is 4.21 Å². The molecule has 0 spiro atoms. The van der Waals surface area contributed by atoms with Gasteiger partial charge in [0.2, 0.25) is 0 Å². The van der Waals surface area contributed by atoms with Crippen LogP contribution in [0.15, 0.2) is 53.7 Å². The molecule has 0 unspecified atom stereocenters. The Bertz CT molecular complexity index is 733. The molecule has 1 atom stereocenters. The molecule has 0 radical (unpaired) electrons. The molecule has 0 fully saturated rings.